The van der Waals surface area contributed by atoms with Gasteiger partial charge in [-0.05, 0) is 0 Å². The Kier molecular flexibility index (Phi) is 5.55. The summed E-state index contributed by atoms with van der Waals surface area (Å²) in [6, 6.07) is 0. The summed E-state index contributed by atoms with van der Waals surface area (Å²) in [5.41, 5.74) is 0. The molecule has 64 valence electrons. The van der Waals surface area contributed by atoms with Gasteiger partial charge in [-0.2, -0.15) is 5.12 Å². The van der Waals surface area contributed by atoms with Crippen LogP contribution < -0.4 is 0 Å². The van der Waals surface area contributed by atoms with Crippen molar-refractivity contribution in [1.82, 2.24) is 15.1 Å². The maximum absolute atomic E-state index is 5.46. The van der Waals surface area contributed by atoms with Gasteiger partial charge in [0.05, 0.1) is 7.85 Å². The minimum absolute atomic E-state index is 0.700. The molecule has 11 heavy (non-hydrogen) atoms. The Labute approximate surface area is 71.3 Å². The molecule has 0 aliphatic rings. The number of hydrazine groups is 2. The van der Waals surface area contributed by atoms with Crippen LogP contribution in [0.3, 0.4) is 0 Å². The lowest BCUT2D eigenvalue weighted by molar-refractivity contribution is -0.135. The molecule has 0 N–H and O–H groups in total. The highest BCUT2D eigenvalue weighted by Crippen LogP contribution is 1.96. The summed E-state index contributed by atoms with van der Waals surface area (Å²) < 4.78 is 0. The fourth-order valence-electron chi connectivity index (χ4n) is 0.910. The molecule has 0 aromatic heterocycles. The van der Waals surface area contributed by atoms with Crippen LogP contribution in [0, 0.1) is 0 Å². The molecule has 0 aliphatic carbocycles. The van der Waals surface area contributed by atoms with E-state index < -0.39 is 0 Å². The first-order valence-corrected chi connectivity index (χ1v) is 3.99. The van der Waals surface area contributed by atoms with Gasteiger partial charge in [-0.1, -0.05) is 13.2 Å². The van der Waals surface area contributed by atoms with E-state index in [4.69, 9.17) is 7.85 Å². The average Bonchev–Trinajstić information content (AvgIpc) is 1.98. The first kappa shape index (κ1) is 10.9. The van der Waals surface area contributed by atoms with Crippen LogP contribution in [0.5, 0.6) is 0 Å². The van der Waals surface area contributed by atoms with Gasteiger partial charge in [0.2, 0.25) is 0 Å². The van der Waals surface area contributed by atoms with E-state index in [0.717, 1.165) is 13.1 Å². The zero-order valence-electron chi connectivity index (χ0n) is 8.04. The molecular formula is C7H18BN3. The van der Waals surface area contributed by atoms with E-state index in [0.29, 0.717) is 6.32 Å². The van der Waals surface area contributed by atoms with Crippen LogP contribution in [0.1, 0.15) is 6.92 Å². The molecule has 0 fully saturated rings. The number of rotatable bonds is 5. The van der Waals surface area contributed by atoms with Crippen LogP contribution in [0.25, 0.3) is 0 Å². The van der Waals surface area contributed by atoms with Gasteiger partial charge in [-0.3, -0.25) is 0 Å². The van der Waals surface area contributed by atoms with Crippen molar-refractivity contribution >= 4 is 7.85 Å². The summed E-state index contributed by atoms with van der Waals surface area (Å²) in [6.07, 6.45) is 0.700. The molecule has 3 nitrogen and oxygen atoms in total. The summed E-state index contributed by atoms with van der Waals surface area (Å²) in [5, 5.41) is 6.27. The SMILES string of the molecule is [B]CCN(CC)N(C)N(C)C. The minimum atomic E-state index is 0.700. The van der Waals surface area contributed by atoms with Gasteiger partial charge < -0.3 is 0 Å². The van der Waals surface area contributed by atoms with Crippen molar-refractivity contribution in [3.05, 3.63) is 0 Å². The van der Waals surface area contributed by atoms with Gasteiger partial charge >= 0.3 is 0 Å². The predicted octanol–water partition coefficient (Wildman–Crippen LogP) is 0.218. The Morgan fingerprint density at radius 3 is 2.00 bits per heavy atom. The van der Waals surface area contributed by atoms with Gasteiger partial charge in [0.1, 0.15) is 0 Å². The molecule has 0 aliphatic heterocycles. The number of hydrogen-bond donors (Lipinski definition) is 0. The van der Waals surface area contributed by atoms with Crippen LogP contribution in [-0.2, 0) is 0 Å². The van der Waals surface area contributed by atoms with Gasteiger partial charge in [0, 0.05) is 34.2 Å². The van der Waals surface area contributed by atoms with Gasteiger partial charge in [-0.15, -0.1) is 0 Å². The lowest BCUT2D eigenvalue weighted by Crippen LogP contribution is -2.47. The second-order valence-electron chi connectivity index (χ2n) is 2.67. The summed E-state index contributed by atoms with van der Waals surface area (Å²) in [6.45, 7) is 4.02. The molecule has 0 heterocycles. The zero-order chi connectivity index (χ0) is 8.85. The maximum atomic E-state index is 5.46. The highest BCUT2D eigenvalue weighted by atomic mass is 15.8. The second-order valence-corrected chi connectivity index (χ2v) is 2.67. The van der Waals surface area contributed by atoms with Gasteiger partial charge in [-0.25, -0.2) is 10.0 Å². The Bertz CT molecular complexity index is 97.7. The molecule has 0 aromatic rings. The molecular weight excluding hydrogens is 137 g/mol. The largest absolute Gasteiger partial charge is 0.234 e. The number of hydrogen-bond acceptors (Lipinski definition) is 3. The first-order chi connectivity index (χ1) is 5.13. The average molecular weight is 155 g/mol. The van der Waals surface area contributed by atoms with Crippen LogP contribution in [0.2, 0.25) is 6.32 Å². The quantitative estimate of drug-likeness (QED) is 0.415. The molecule has 0 spiro atoms. The third-order valence-corrected chi connectivity index (χ3v) is 1.74. The summed E-state index contributed by atoms with van der Waals surface area (Å²) in [4.78, 5) is 0. The Morgan fingerprint density at radius 2 is 1.73 bits per heavy atom. The highest BCUT2D eigenvalue weighted by molar-refractivity contribution is 6.08. The Hall–Kier alpha value is -0.0551. The van der Waals surface area contributed by atoms with Crippen molar-refractivity contribution in [3.63, 3.8) is 0 Å². The smallest absolute Gasteiger partial charge is 0.0671 e. The third-order valence-electron chi connectivity index (χ3n) is 1.74. The van der Waals surface area contributed by atoms with Crippen LogP contribution in [0.4, 0.5) is 0 Å². The van der Waals surface area contributed by atoms with Gasteiger partial charge in [0.15, 0.2) is 0 Å². The molecule has 0 aromatic carbocycles. The molecule has 0 saturated heterocycles. The molecule has 0 amide bonds. The van der Waals surface area contributed by atoms with E-state index in [1.807, 2.05) is 26.2 Å². The topological polar surface area (TPSA) is 9.72 Å². The minimum Gasteiger partial charge on any atom is -0.234 e. The van der Waals surface area contributed by atoms with Gasteiger partial charge in [0.25, 0.3) is 0 Å². The van der Waals surface area contributed by atoms with E-state index in [2.05, 4.69) is 17.1 Å². The molecule has 0 saturated carbocycles. The van der Waals surface area contributed by atoms with E-state index >= 15 is 0 Å². The predicted molar refractivity (Wildman–Crippen MR) is 49.3 cm³/mol. The van der Waals surface area contributed by atoms with Crippen LogP contribution in [0.15, 0.2) is 0 Å². The van der Waals surface area contributed by atoms with E-state index in [9.17, 15) is 0 Å². The van der Waals surface area contributed by atoms with Crippen molar-refractivity contribution in [2.45, 2.75) is 13.2 Å². The second kappa shape index (κ2) is 5.58. The maximum Gasteiger partial charge on any atom is 0.0671 e. The zero-order valence-corrected chi connectivity index (χ0v) is 8.04. The highest BCUT2D eigenvalue weighted by Gasteiger charge is 2.08. The lowest BCUT2D eigenvalue weighted by atomic mass is 10.1. The molecule has 0 rings (SSSR count). The van der Waals surface area contributed by atoms with Crippen molar-refractivity contribution in [2.75, 3.05) is 34.2 Å². The van der Waals surface area contributed by atoms with Crippen molar-refractivity contribution < 1.29 is 0 Å². The number of nitrogens with zero attached hydrogens (tertiary/aromatic N) is 3. The molecule has 2 radical (unpaired) electrons. The molecule has 4 heteroatoms. The summed E-state index contributed by atoms with van der Waals surface area (Å²) in [7, 11) is 11.5. The van der Waals surface area contributed by atoms with E-state index in [1.165, 1.54) is 0 Å². The molecule has 0 atom stereocenters. The fraction of sp³-hybridized carbons (Fsp3) is 1.00. The van der Waals surface area contributed by atoms with E-state index in [1.54, 1.807) is 0 Å². The van der Waals surface area contributed by atoms with Crippen molar-refractivity contribution in [1.29, 1.82) is 0 Å². The van der Waals surface area contributed by atoms with Crippen LogP contribution >= 0.6 is 0 Å². The summed E-state index contributed by atoms with van der Waals surface area (Å²) in [5.74, 6) is 0. The molecule has 0 bridgehead atoms. The fourth-order valence-corrected chi connectivity index (χ4v) is 0.910. The normalized spacial score (nSPS) is 11.9. The first-order valence-electron chi connectivity index (χ1n) is 3.99. The molecule has 0 unspecified atom stereocenters. The lowest BCUT2D eigenvalue weighted by Gasteiger charge is -2.35. The standard InChI is InChI=1S/C7H18BN3/c1-5-11(7-6-8)10(4)9(2)3/h5-7H2,1-4H3. The summed E-state index contributed by atoms with van der Waals surface area (Å²) >= 11 is 0. The van der Waals surface area contributed by atoms with E-state index in [-0.39, 0.29) is 0 Å². The van der Waals surface area contributed by atoms with Crippen molar-refractivity contribution in [3.8, 4) is 0 Å². The third kappa shape index (κ3) is 3.75. The Morgan fingerprint density at radius 1 is 1.18 bits per heavy atom. The Balaban J connectivity index is 3.81. The van der Waals surface area contributed by atoms with Crippen molar-refractivity contribution in [2.24, 2.45) is 0 Å². The monoisotopic (exact) mass is 155 g/mol. The van der Waals surface area contributed by atoms with Crippen LogP contribution in [-0.4, -0.2) is 57.2 Å².